The van der Waals surface area contributed by atoms with E-state index in [0.29, 0.717) is 5.69 Å². The molecule has 0 bridgehead atoms. The van der Waals surface area contributed by atoms with Crippen molar-refractivity contribution in [3.8, 4) is 0 Å². The van der Waals surface area contributed by atoms with Gasteiger partial charge in [0.25, 0.3) is 5.91 Å². The minimum Gasteiger partial charge on any atom is -0.355 e. The van der Waals surface area contributed by atoms with E-state index < -0.39 is 0 Å². The molecule has 2 aromatic heterocycles. The second kappa shape index (κ2) is 6.55. The van der Waals surface area contributed by atoms with Crippen molar-refractivity contribution in [2.45, 2.75) is 18.9 Å². The van der Waals surface area contributed by atoms with E-state index in [1.807, 2.05) is 25.2 Å². The first-order valence-corrected chi connectivity index (χ1v) is 8.60. The van der Waals surface area contributed by atoms with Crippen LogP contribution in [0.15, 0.2) is 48.7 Å². The summed E-state index contributed by atoms with van der Waals surface area (Å²) >= 11 is 0. The molecule has 4 rings (SSSR count). The number of pyridine rings is 1. The number of carbonyl (C=O) groups excluding carboxylic acids is 1. The lowest BCUT2D eigenvalue weighted by Crippen LogP contribution is -2.48. The number of hydrogen-bond acceptors (Lipinski definition) is 4. The summed E-state index contributed by atoms with van der Waals surface area (Å²) in [5.74, 6) is 0.856. The second-order valence-electron chi connectivity index (χ2n) is 6.50. The van der Waals surface area contributed by atoms with Crippen LogP contribution in [0, 0.1) is 0 Å². The Morgan fingerprint density at radius 2 is 2.08 bits per heavy atom. The number of aryl methyl sites for hydroxylation is 1. The van der Waals surface area contributed by atoms with Gasteiger partial charge in [-0.15, -0.1) is 0 Å². The second-order valence-corrected chi connectivity index (χ2v) is 6.50. The van der Waals surface area contributed by atoms with Crippen LogP contribution in [-0.4, -0.2) is 39.8 Å². The number of nitrogens with zero attached hydrogens (tertiary/aromatic N) is 4. The number of fused-ring (bicyclic) bond motifs is 1. The van der Waals surface area contributed by atoms with Gasteiger partial charge in [-0.1, -0.05) is 18.2 Å². The summed E-state index contributed by atoms with van der Waals surface area (Å²) in [6.45, 7) is 1.73. The number of amides is 1. The topological polar surface area (TPSA) is 63.1 Å². The van der Waals surface area contributed by atoms with Crippen molar-refractivity contribution in [2.24, 2.45) is 7.05 Å². The van der Waals surface area contributed by atoms with Gasteiger partial charge in [0, 0.05) is 37.8 Å². The van der Waals surface area contributed by atoms with Crippen molar-refractivity contribution in [2.75, 3.05) is 18.0 Å². The van der Waals surface area contributed by atoms with E-state index >= 15 is 0 Å². The third-order valence-corrected chi connectivity index (χ3v) is 4.61. The lowest BCUT2D eigenvalue weighted by atomic mass is 10.1. The summed E-state index contributed by atoms with van der Waals surface area (Å²) in [5.41, 5.74) is 1.46. The van der Waals surface area contributed by atoms with Crippen LogP contribution in [-0.2, 0) is 7.05 Å². The first kappa shape index (κ1) is 15.6. The number of nitrogens with one attached hydrogen (secondary N) is 1. The number of anilines is 1. The standard InChI is InChI=1S/C19H21N5O/c1-23-12-10-17(22-23)19(25)20-15-6-4-11-24(13-15)18-9-8-14-5-2-3-7-16(14)21-18/h2-3,5,7-10,12,15H,4,6,11,13H2,1H3,(H,20,25). The van der Waals surface area contributed by atoms with Crippen LogP contribution in [0.2, 0.25) is 0 Å². The maximum absolute atomic E-state index is 12.3. The summed E-state index contributed by atoms with van der Waals surface area (Å²) in [5, 5.41) is 8.41. The van der Waals surface area contributed by atoms with Crippen LogP contribution in [0.5, 0.6) is 0 Å². The summed E-state index contributed by atoms with van der Waals surface area (Å²) in [7, 11) is 1.81. The van der Waals surface area contributed by atoms with Gasteiger partial charge in [0.05, 0.1) is 5.52 Å². The molecule has 0 radical (unpaired) electrons. The molecule has 25 heavy (non-hydrogen) atoms. The average molecular weight is 335 g/mol. The largest absolute Gasteiger partial charge is 0.355 e. The molecule has 0 spiro atoms. The minimum absolute atomic E-state index is 0.108. The predicted molar refractivity (Wildman–Crippen MR) is 97.7 cm³/mol. The summed E-state index contributed by atoms with van der Waals surface area (Å²) in [4.78, 5) is 19.3. The Kier molecular flexibility index (Phi) is 4.09. The molecule has 3 aromatic rings. The maximum atomic E-state index is 12.3. The summed E-state index contributed by atoms with van der Waals surface area (Å²) < 4.78 is 1.64. The van der Waals surface area contributed by atoms with Crippen LogP contribution in [0.4, 0.5) is 5.82 Å². The molecule has 1 aliphatic rings. The fourth-order valence-electron chi connectivity index (χ4n) is 3.33. The summed E-state index contributed by atoms with van der Waals surface area (Å²) in [6, 6.07) is 14.1. The number of piperidine rings is 1. The molecule has 1 atom stereocenters. The van der Waals surface area contributed by atoms with Crippen molar-refractivity contribution in [1.29, 1.82) is 0 Å². The van der Waals surface area contributed by atoms with E-state index in [4.69, 9.17) is 4.98 Å². The fourth-order valence-corrected chi connectivity index (χ4v) is 3.33. The molecule has 128 valence electrons. The first-order chi connectivity index (χ1) is 12.2. The van der Waals surface area contributed by atoms with Crippen LogP contribution >= 0.6 is 0 Å². The molecule has 0 aliphatic carbocycles. The normalized spacial score (nSPS) is 17.6. The van der Waals surface area contributed by atoms with Crippen molar-refractivity contribution in [3.05, 3.63) is 54.4 Å². The number of carbonyl (C=O) groups is 1. The van der Waals surface area contributed by atoms with Gasteiger partial charge in [-0.2, -0.15) is 5.10 Å². The molecule has 1 N–H and O–H groups in total. The van der Waals surface area contributed by atoms with Gasteiger partial charge in [0.1, 0.15) is 11.5 Å². The molecular formula is C19H21N5O. The summed E-state index contributed by atoms with van der Waals surface area (Å²) in [6.07, 6.45) is 3.78. The molecule has 1 fully saturated rings. The van der Waals surface area contributed by atoms with E-state index in [9.17, 15) is 4.79 Å². The van der Waals surface area contributed by atoms with E-state index in [1.54, 1.807) is 16.9 Å². The smallest absolute Gasteiger partial charge is 0.272 e. The monoisotopic (exact) mass is 335 g/mol. The van der Waals surface area contributed by atoms with Crippen LogP contribution in [0.3, 0.4) is 0 Å². The Balaban J connectivity index is 1.47. The van der Waals surface area contributed by atoms with Crippen LogP contribution in [0.25, 0.3) is 10.9 Å². The van der Waals surface area contributed by atoms with Gasteiger partial charge in [-0.3, -0.25) is 9.48 Å². The Bertz CT molecular complexity index is 903. The third kappa shape index (κ3) is 3.33. The van der Waals surface area contributed by atoms with Gasteiger partial charge >= 0.3 is 0 Å². The maximum Gasteiger partial charge on any atom is 0.272 e. The number of aromatic nitrogens is 3. The minimum atomic E-state index is -0.112. The Labute approximate surface area is 146 Å². The van der Waals surface area contributed by atoms with Crippen molar-refractivity contribution < 1.29 is 4.79 Å². The first-order valence-electron chi connectivity index (χ1n) is 8.60. The van der Waals surface area contributed by atoms with E-state index in [1.165, 1.54) is 0 Å². The van der Waals surface area contributed by atoms with Gasteiger partial charge in [-0.05, 0) is 37.1 Å². The molecule has 1 aliphatic heterocycles. The molecule has 0 saturated carbocycles. The number of hydrogen-bond donors (Lipinski definition) is 1. The SMILES string of the molecule is Cn1ccc(C(=O)NC2CCCN(c3ccc4ccccc4n3)C2)n1. The number of para-hydroxylation sites is 1. The third-order valence-electron chi connectivity index (χ3n) is 4.61. The highest BCUT2D eigenvalue weighted by Crippen LogP contribution is 2.21. The number of benzene rings is 1. The Morgan fingerprint density at radius 1 is 1.20 bits per heavy atom. The van der Waals surface area contributed by atoms with Crippen LogP contribution < -0.4 is 10.2 Å². The molecule has 1 unspecified atom stereocenters. The lowest BCUT2D eigenvalue weighted by Gasteiger charge is -2.34. The Morgan fingerprint density at radius 3 is 2.92 bits per heavy atom. The molecule has 1 saturated heterocycles. The van der Waals surface area contributed by atoms with Gasteiger partial charge in [0.15, 0.2) is 0 Å². The quantitative estimate of drug-likeness (QED) is 0.798. The molecule has 3 heterocycles. The van der Waals surface area contributed by atoms with Crippen LogP contribution in [0.1, 0.15) is 23.3 Å². The van der Waals surface area contributed by atoms with E-state index in [-0.39, 0.29) is 11.9 Å². The fraction of sp³-hybridized carbons (Fsp3) is 0.316. The van der Waals surface area contributed by atoms with Crippen molar-refractivity contribution >= 4 is 22.6 Å². The van der Waals surface area contributed by atoms with Crippen molar-refractivity contribution in [3.63, 3.8) is 0 Å². The van der Waals surface area contributed by atoms with E-state index in [0.717, 1.165) is 42.7 Å². The molecule has 6 heteroatoms. The van der Waals surface area contributed by atoms with Gasteiger partial charge < -0.3 is 10.2 Å². The molecule has 1 aromatic carbocycles. The molecule has 6 nitrogen and oxygen atoms in total. The predicted octanol–water partition coefficient (Wildman–Crippen LogP) is 2.37. The van der Waals surface area contributed by atoms with Crippen molar-refractivity contribution in [1.82, 2.24) is 20.1 Å². The van der Waals surface area contributed by atoms with Gasteiger partial charge in [0.2, 0.25) is 0 Å². The zero-order valence-electron chi connectivity index (χ0n) is 14.2. The molecule has 1 amide bonds. The van der Waals surface area contributed by atoms with Gasteiger partial charge in [-0.25, -0.2) is 4.98 Å². The Hall–Kier alpha value is -2.89. The highest BCUT2D eigenvalue weighted by Gasteiger charge is 2.23. The zero-order valence-corrected chi connectivity index (χ0v) is 14.2. The zero-order chi connectivity index (χ0) is 17.2. The number of rotatable bonds is 3. The highest BCUT2D eigenvalue weighted by molar-refractivity contribution is 5.92. The average Bonchev–Trinajstić information content (AvgIpc) is 3.08. The lowest BCUT2D eigenvalue weighted by molar-refractivity contribution is 0.0927. The molecular weight excluding hydrogens is 314 g/mol. The highest BCUT2D eigenvalue weighted by atomic mass is 16.2. The van der Waals surface area contributed by atoms with E-state index in [2.05, 4.69) is 33.5 Å².